The number of methoxy groups -OCH3 is 1. The molecule has 0 atom stereocenters. The molecule has 0 aliphatic carbocycles. The molecule has 60 valence electrons. The molecule has 0 bridgehead atoms. The maximum absolute atomic E-state index is 8.28. The van der Waals surface area contributed by atoms with Crippen molar-refractivity contribution in [1.29, 1.82) is 5.26 Å². The summed E-state index contributed by atoms with van der Waals surface area (Å²) in [6, 6.07) is 0.449. The van der Waals surface area contributed by atoms with Crippen molar-refractivity contribution in [3.8, 4) is 6.19 Å². The highest BCUT2D eigenvalue weighted by Crippen LogP contribution is 2.08. The van der Waals surface area contributed by atoms with E-state index in [2.05, 4.69) is 4.99 Å². The summed E-state index contributed by atoms with van der Waals surface area (Å²) in [7, 11) is 1.54. The van der Waals surface area contributed by atoms with Crippen molar-refractivity contribution in [1.82, 2.24) is 4.90 Å². The van der Waals surface area contributed by atoms with Crippen LogP contribution >= 0.6 is 0 Å². The first-order valence-electron chi connectivity index (χ1n) is 3.64. The standard InChI is InChI=1S/C7H11N3O/c1-11-7(9-6-8)10-4-2-3-5-10/h2-5H2,1H3/b9-7-. The second-order valence-electron chi connectivity index (χ2n) is 2.39. The summed E-state index contributed by atoms with van der Waals surface area (Å²) in [4.78, 5) is 5.53. The molecular formula is C7H11N3O. The van der Waals surface area contributed by atoms with Crippen LogP contribution in [-0.4, -0.2) is 31.1 Å². The van der Waals surface area contributed by atoms with Gasteiger partial charge in [-0.1, -0.05) is 0 Å². The lowest BCUT2D eigenvalue weighted by molar-refractivity contribution is 0.310. The van der Waals surface area contributed by atoms with Crippen LogP contribution in [-0.2, 0) is 4.74 Å². The maximum atomic E-state index is 8.28. The predicted molar refractivity (Wildman–Crippen MR) is 40.9 cm³/mol. The van der Waals surface area contributed by atoms with Crippen LogP contribution < -0.4 is 0 Å². The summed E-state index contributed by atoms with van der Waals surface area (Å²) in [5.41, 5.74) is 0. The molecule has 1 aliphatic heterocycles. The van der Waals surface area contributed by atoms with Gasteiger partial charge in [-0.3, -0.25) is 0 Å². The minimum Gasteiger partial charge on any atom is -0.468 e. The molecule has 0 aromatic heterocycles. The Balaban J connectivity index is 2.55. The number of nitriles is 1. The fraction of sp³-hybridized carbons (Fsp3) is 0.714. The van der Waals surface area contributed by atoms with Gasteiger partial charge in [0.25, 0.3) is 0 Å². The minimum atomic E-state index is 0.449. The summed E-state index contributed by atoms with van der Waals surface area (Å²) < 4.78 is 4.93. The molecule has 1 fully saturated rings. The van der Waals surface area contributed by atoms with Crippen LogP contribution in [0, 0.1) is 11.5 Å². The molecule has 4 nitrogen and oxygen atoms in total. The van der Waals surface area contributed by atoms with Crippen molar-refractivity contribution in [2.24, 2.45) is 4.99 Å². The fourth-order valence-electron chi connectivity index (χ4n) is 1.20. The third kappa shape index (κ3) is 1.84. The molecule has 0 aromatic carbocycles. The number of rotatable bonds is 0. The molecule has 1 heterocycles. The molecule has 1 saturated heterocycles. The quantitative estimate of drug-likeness (QED) is 0.290. The zero-order valence-corrected chi connectivity index (χ0v) is 6.58. The molecule has 1 rings (SSSR count). The van der Waals surface area contributed by atoms with Gasteiger partial charge in [-0.25, -0.2) is 0 Å². The summed E-state index contributed by atoms with van der Waals surface area (Å²) in [6.45, 7) is 1.91. The highest BCUT2D eigenvalue weighted by molar-refractivity contribution is 5.74. The molecule has 11 heavy (non-hydrogen) atoms. The molecule has 0 amide bonds. The molecule has 0 aromatic rings. The first-order valence-corrected chi connectivity index (χ1v) is 3.64. The monoisotopic (exact) mass is 153 g/mol. The number of amidine groups is 1. The lowest BCUT2D eigenvalue weighted by Gasteiger charge is -2.15. The Labute approximate surface area is 66.1 Å². The lowest BCUT2D eigenvalue weighted by Crippen LogP contribution is -2.28. The van der Waals surface area contributed by atoms with E-state index in [9.17, 15) is 0 Å². The van der Waals surface area contributed by atoms with E-state index >= 15 is 0 Å². The van der Waals surface area contributed by atoms with Gasteiger partial charge in [0, 0.05) is 13.1 Å². The number of aliphatic imine (C=N–C) groups is 1. The third-order valence-corrected chi connectivity index (χ3v) is 1.70. The van der Waals surface area contributed by atoms with E-state index in [1.807, 2.05) is 4.90 Å². The SMILES string of the molecule is CO/C(=N\C#N)N1CCCC1. The average molecular weight is 153 g/mol. The Morgan fingerprint density at radius 1 is 1.55 bits per heavy atom. The summed E-state index contributed by atoms with van der Waals surface area (Å²) in [6.07, 6.45) is 4.04. The van der Waals surface area contributed by atoms with Gasteiger partial charge in [0.15, 0.2) is 0 Å². The number of ether oxygens (including phenoxy) is 1. The highest BCUT2D eigenvalue weighted by Gasteiger charge is 2.16. The highest BCUT2D eigenvalue weighted by atomic mass is 16.5. The fourth-order valence-corrected chi connectivity index (χ4v) is 1.20. The molecule has 1 aliphatic rings. The van der Waals surface area contributed by atoms with Gasteiger partial charge in [-0.15, -0.1) is 4.99 Å². The van der Waals surface area contributed by atoms with Gasteiger partial charge in [-0.05, 0) is 12.8 Å². The van der Waals surface area contributed by atoms with Gasteiger partial charge >= 0.3 is 6.02 Å². The second kappa shape index (κ2) is 3.81. The number of hydrogen-bond acceptors (Lipinski definition) is 3. The van der Waals surface area contributed by atoms with Crippen molar-refractivity contribution in [2.45, 2.75) is 12.8 Å². The Bertz CT molecular complexity index is 188. The van der Waals surface area contributed by atoms with Gasteiger partial charge in [0.05, 0.1) is 7.11 Å². The van der Waals surface area contributed by atoms with E-state index in [0.717, 1.165) is 25.9 Å². The van der Waals surface area contributed by atoms with Gasteiger partial charge < -0.3 is 9.64 Å². The molecular weight excluding hydrogens is 142 g/mol. The normalized spacial score (nSPS) is 18.2. The maximum Gasteiger partial charge on any atom is 0.302 e. The van der Waals surface area contributed by atoms with Gasteiger partial charge in [0.2, 0.25) is 6.19 Å². The van der Waals surface area contributed by atoms with E-state index in [1.54, 1.807) is 6.19 Å². The summed E-state index contributed by atoms with van der Waals surface area (Å²) in [5.74, 6) is 0. The number of likely N-dealkylation sites (tertiary alicyclic amines) is 1. The van der Waals surface area contributed by atoms with Crippen molar-refractivity contribution < 1.29 is 4.74 Å². The van der Waals surface area contributed by atoms with E-state index in [4.69, 9.17) is 10.00 Å². The zero-order valence-electron chi connectivity index (χ0n) is 6.58. The number of hydrogen-bond donors (Lipinski definition) is 0. The van der Waals surface area contributed by atoms with Crippen LogP contribution in [0.3, 0.4) is 0 Å². The van der Waals surface area contributed by atoms with Crippen molar-refractivity contribution in [3.63, 3.8) is 0 Å². The molecule has 0 unspecified atom stereocenters. The Hall–Kier alpha value is -1.24. The van der Waals surface area contributed by atoms with E-state index in [-0.39, 0.29) is 0 Å². The molecule has 0 saturated carbocycles. The second-order valence-corrected chi connectivity index (χ2v) is 2.39. The van der Waals surface area contributed by atoms with Crippen LogP contribution in [0.25, 0.3) is 0 Å². The molecule has 4 heteroatoms. The van der Waals surface area contributed by atoms with Crippen LogP contribution in [0.15, 0.2) is 4.99 Å². The molecule has 0 N–H and O–H groups in total. The summed E-state index contributed by atoms with van der Waals surface area (Å²) >= 11 is 0. The van der Waals surface area contributed by atoms with Crippen LogP contribution in [0.5, 0.6) is 0 Å². The average Bonchev–Trinajstić information content (AvgIpc) is 2.52. The Morgan fingerprint density at radius 3 is 2.64 bits per heavy atom. The van der Waals surface area contributed by atoms with E-state index in [1.165, 1.54) is 7.11 Å². The van der Waals surface area contributed by atoms with Gasteiger partial charge in [0.1, 0.15) is 0 Å². The largest absolute Gasteiger partial charge is 0.468 e. The van der Waals surface area contributed by atoms with Crippen LogP contribution in [0.2, 0.25) is 0 Å². The van der Waals surface area contributed by atoms with Crippen molar-refractivity contribution >= 4 is 6.02 Å². The summed E-state index contributed by atoms with van der Waals surface area (Å²) in [5, 5.41) is 8.28. The van der Waals surface area contributed by atoms with Crippen LogP contribution in [0.4, 0.5) is 0 Å². The molecule has 0 radical (unpaired) electrons. The number of nitrogens with zero attached hydrogens (tertiary/aromatic N) is 3. The first-order chi connectivity index (χ1) is 5.38. The first kappa shape index (κ1) is 7.86. The van der Waals surface area contributed by atoms with E-state index < -0.39 is 0 Å². The predicted octanol–water partition coefficient (Wildman–Crippen LogP) is 0.566. The smallest absolute Gasteiger partial charge is 0.302 e. The zero-order chi connectivity index (χ0) is 8.10. The lowest BCUT2D eigenvalue weighted by atomic mass is 10.4. The Morgan fingerprint density at radius 2 is 2.18 bits per heavy atom. The van der Waals surface area contributed by atoms with Crippen molar-refractivity contribution in [2.75, 3.05) is 20.2 Å². The Kier molecular flexibility index (Phi) is 2.73. The van der Waals surface area contributed by atoms with Gasteiger partial charge in [-0.2, -0.15) is 5.26 Å². The van der Waals surface area contributed by atoms with Crippen molar-refractivity contribution in [3.05, 3.63) is 0 Å². The molecule has 0 spiro atoms. The van der Waals surface area contributed by atoms with Crippen LogP contribution in [0.1, 0.15) is 12.8 Å². The van der Waals surface area contributed by atoms with E-state index in [0.29, 0.717) is 6.02 Å². The minimum absolute atomic E-state index is 0.449. The third-order valence-electron chi connectivity index (χ3n) is 1.70. The topological polar surface area (TPSA) is 48.6 Å².